The Kier molecular flexibility index (Phi) is 8.67. The fourth-order valence-corrected chi connectivity index (χ4v) is 1.43. The van der Waals surface area contributed by atoms with Crippen LogP contribution in [0.3, 0.4) is 0 Å². The Hall–Kier alpha value is -0.380. The molecule has 0 aromatic carbocycles. The Morgan fingerprint density at radius 2 is 2.13 bits per heavy atom. The van der Waals surface area contributed by atoms with Gasteiger partial charge in [0.05, 0.1) is 6.61 Å². The fourth-order valence-electron chi connectivity index (χ4n) is 1.43. The van der Waals surface area contributed by atoms with Gasteiger partial charge in [-0.25, -0.2) is 0 Å². The van der Waals surface area contributed by atoms with E-state index < -0.39 is 0 Å². The van der Waals surface area contributed by atoms with Crippen LogP contribution in [-0.4, -0.2) is 48.8 Å². The summed E-state index contributed by atoms with van der Waals surface area (Å²) in [7, 11) is 0. The van der Waals surface area contributed by atoms with E-state index in [0.29, 0.717) is 6.04 Å². The molecule has 0 aliphatic heterocycles. The van der Waals surface area contributed by atoms with Crippen molar-refractivity contribution in [2.75, 3.05) is 32.8 Å². The van der Waals surface area contributed by atoms with Gasteiger partial charge in [0.2, 0.25) is 0 Å². The summed E-state index contributed by atoms with van der Waals surface area (Å²) in [6.45, 7) is 14.2. The normalized spacial score (nSPS) is 11.3. The molecule has 3 nitrogen and oxygen atoms in total. The van der Waals surface area contributed by atoms with Crippen molar-refractivity contribution in [3.8, 4) is 0 Å². The first-order chi connectivity index (χ1) is 7.11. The second kappa shape index (κ2) is 8.89. The van der Waals surface area contributed by atoms with E-state index in [1.807, 2.05) is 0 Å². The molecule has 0 aliphatic carbocycles. The fraction of sp³-hybridized carbons (Fsp3) is 0.833. The molecule has 3 heteroatoms. The molecule has 0 heterocycles. The number of hydrogen-bond donors (Lipinski definition) is 2. The molecule has 15 heavy (non-hydrogen) atoms. The average molecular weight is 214 g/mol. The van der Waals surface area contributed by atoms with Crippen LogP contribution in [0.2, 0.25) is 0 Å². The number of aliphatic hydroxyl groups excluding tert-OH is 1. The first kappa shape index (κ1) is 14.6. The molecule has 0 radical (unpaired) electrons. The van der Waals surface area contributed by atoms with E-state index in [4.69, 9.17) is 5.11 Å². The molecule has 0 bridgehead atoms. The average Bonchev–Trinajstić information content (AvgIpc) is 2.17. The molecule has 0 saturated carbocycles. The molecule has 0 atom stereocenters. The van der Waals surface area contributed by atoms with Crippen LogP contribution in [0.25, 0.3) is 0 Å². The quantitative estimate of drug-likeness (QED) is 0.448. The Morgan fingerprint density at radius 1 is 1.47 bits per heavy atom. The second-order valence-electron chi connectivity index (χ2n) is 4.21. The van der Waals surface area contributed by atoms with Gasteiger partial charge in [-0.15, -0.1) is 0 Å². The maximum atomic E-state index is 8.93. The maximum absolute atomic E-state index is 8.93. The lowest BCUT2D eigenvalue weighted by molar-refractivity contribution is 0.176. The van der Waals surface area contributed by atoms with Gasteiger partial charge in [0.15, 0.2) is 0 Å². The molecular formula is C12H26N2O. The molecular weight excluding hydrogens is 188 g/mol. The summed E-state index contributed by atoms with van der Waals surface area (Å²) in [6, 6.07) is 0.458. The number of aliphatic hydroxyl groups is 1. The van der Waals surface area contributed by atoms with E-state index in [9.17, 15) is 0 Å². The van der Waals surface area contributed by atoms with Gasteiger partial charge < -0.3 is 10.4 Å². The summed E-state index contributed by atoms with van der Waals surface area (Å²) in [5, 5.41) is 12.3. The first-order valence-corrected chi connectivity index (χ1v) is 5.84. The zero-order chi connectivity index (χ0) is 11.7. The van der Waals surface area contributed by atoms with Gasteiger partial charge in [0.25, 0.3) is 0 Å². The molecule has 90 valence electrons. The highest BCUT2D eigenvalue weighted by molar-refractivity contribution is 5.00. The van der Waals surface area contributed by atoms with Crippen molar-refractivity contribution in [2.45, 2.75) is 33.2 Å². The minimum atomic E-state index is 0.216. The molecule has 0 amide bonds. The van der Waals surface area contributed by atoms with E-state index in [1.54, 1.807) is 0 Å². The van der Waals surface area contributed by atoms with E-state index in [-0.39, 0.29) is 6.61 Å². The summed E-state index contributed by atoms with van der Waals surface area (Å²) in [4.78, 5) is 2.23. The molecule has 2 N–H and O–H groups in total. The monoisotopic (exact) mass is 214 g/mol. The molecule has 0 aromatic rings. The van der Waals surface area contributed by atoms with Gasteiger partial charge >= 0.3 is 0 Å². The summed E-state index contributed by atoms with van der Waals surface area (Å²) in [5.74, 6) is 0. The van der Waals surface area contributed by atoms with Crippen LogP contribution >= 0.6 is 0 Å². The third-order valence-electron chi connectivity index (χ3n) is 2.35. The van der Waals surface area contributed by atoms with Gasteiger partial charge in [-0.1, -0.05) is 13.5 Å². The molecule has 0 saturated heterocycles. The van der Waals surface area contributed by atoms with Gasteiger partial charge in [-0.3, -0.25) is 4.90 Å². The number of hydrogen-bond acceptors (Lipinski definition) is 3. The third kappa shape index (κ3) is 7.54. The smallest absolute Gasteiger partial charge is 0.0558 e. The van der Waals surface area contributed by atoms with Crippen molar-refractivity contribution in [3.05, 3.63) is 12.2 Å². The lowest BCUT2D eigenvalue weighted by Gasteiger charge is -2.26. The highest BCUT2D eigenvalue weighted by Gasteiger charge is 2.09. The van der Waals surface area contributed by atoms with Crippen molar-refractivity contribution in [3.63, 3.8) is 0 Å². The molecule has 0 spiro atoms. The SMILES string of the molecule is C=C(CNCCC)CN(CCO)C(C)C. The predicted molar refractivity (Wildman–Crippen MR) is 66.1 cm³/mol. The van der Waals surface area contributed by atoms with Crippen molar-refractivity contribution in [1.29, 1.82) is 0 Å². The second-order valence-corrected chi connectivity index (χ2v) is 4.21. The Morgan fingerprint density at radius 3 is 2.60 bits per heavy atom. The van der Waals surface area contributed by atoms with Crippen LogP contribution in [0.15, 0.2) is 12.2 Å². The third-order valence-corrected chi connectivity index (χ3v) is 2.35. The van der Waals surface area contributed by atoms with Crippen molar-refractivity contribution >= 4 is 0 Å². The van der Waals surface area contributed by atoms with Crippen molar-refractivity contribution < 1.29 is 5.11 Å². The number of rotatable bonds is 9. The lowest BCUT2D eigenvalue weighted by atomic mass is 10.2. The zero-order valence-corrected chi connectivity index (χ0v) is 10.4. The molecule has 0 aliphatic rings. The molecule has 0 unspecified atom stereocenters. The van der Waals surface area contributed by atoms with Crippen molar-refractivity contribution in [2.24, 2.45) is 0 Å². The summed E-state index contributed by atoms with van der Waals surface area (Å²) in [5.41, 5.74) is 1.19. The Labute approximate surface area is 94.2 Å². The van der Waals surface area contributed by atoms with Crippen LogP contribution < -0.4 is 5.32 Å². The molecule has 0 aromatic heterocycles. The van der Waals surface area contributed by atoms with Gasteiger partial charge in [-0.2, -0.15) is 0 Å². The van der Waals surface area contributed by atoms with Crippen molar-refractivity contribution in [1.82, 2.24) is 10.2 Å². The van der Waals surface area contributed by atoms with Crippen LogP contribution in [0.1, 0.15) is 27.2 Å². The lowest BCUT2D eigenvalue weighted by Crippen LogP contribution is -2.36. The zero-order valence-electron chi connectivity index (χ0n) is 10.4. The van der Waals surface area contributed by atoms with Gasteiger partial charge in [0, 0.05) is 25.7 Å². The summed E-state index contributed by atoms with van der Waals surface area (Å²) >= 11 is 0. The number of nitrogens with one attached hydrogen (secondary N) is 1. The van der Waals surface area contributed by atoms with Crippen LogP contribution in [0.5, 0.6) is 0 Å². The van der Waals surface area contributed by atoms with Gasteiger partial charge in [-0.05, 0) is 32.4 Å². The largest absolute Gasteiger partial charge is 0.395 e. The highest BCUT2D eigenvalue weighted by atomic mass is 16.3. The van der Waals surface area contributed by atoms with E-state index >= 15 is 0 Å². The van der Waals surface area contributed by atoms with Crippen LogP contribution in [-0.2, 0) is 0 Å². The first-order valence-electron chi connectivity index (χ1n) is 5.84. The highest BCUT2D eigenvalue weighted by Crippen LogP contribution is 2.01. The number of nitrogens with zero attached hydrogens (tertiary/aromatic N) is 1. The van der Waals surface area contributed by atoms with E-state index in [2.05, 4.69) is 37.6 Å². The van der Waals surface area contributed by atoms with E-state index in [1.165, 1.54) is 5.57 Å². The summed E-state index contributed by atoms with van der Waals surface area (Å²) < 4.78 is 0. The Balaban J connectivity index is 3.78. The van der Waals surface area contributed by atoms with Gasteiger partial charge in [0.1, 0.15) is 0 Å². The maximum Gasteiger partial charge on any atom is 0.0558 e. The summed E-state index contributed by atoms with van der Waals surface area (Å²) in [6.07, 6.45) is 1.15. The van der Waals surface area contributed by atoms with Crippen LogP contribution in [0.4, 0.5) is 0 Å². The minimum Gasteiger partial charge on any atom is -0.395 e. The van der Waals surface area contributed by atoms with E-state index in [0.717, 1.165) is 32.6 Å². The van der Waals surface area contributed by atoms with Crippen LogP contribution in [0, 0.1) is 0 Å². The predicted octanol–water partition coefficient (Wildman–Crippen LogP) is 1.24. The topological polar surface area (TPSA) is 35.5 Å². The molecule has 0 rings (SSSR count). The molecule has 0 fully saturated rings. The minimum absolute atomic E-state index is 0.216. The Bertz CT molecular complexity index is 169. The standard InChI is InChI=1S/C12H26N2O/c1-5-6-13-9-12(4)10-14(7-8-15)11(2)3/h11,13,15H,4-10H2,1-3H3.